The van der Waals surface area contributed by atoms with Gasteiger partial charge in [0.25, 0.3) is 0 Å². The fourth-order valence-electron chi connectivity index (χ4n) is 4.12. The van der Waals surface area contributed by atoms with Crippen molar-refractivity contribution in [3.05, 3.63) is 29.1 Å². The summed E-state index contributed by atoms with van der Waals surface area (Å²) in [4.78, 5) is 19.3. The molecule has 0 bridgehead atoms. The molecule has 4 heteroatoms. The lowest BCUT2D eigenvalue weighted by Crippen LogP contribution is -2.53. The molecule has 0 saturated carbocycles. The van der Waals surface area contributed by atoms with Crippen molar-refractivity contribution in [2.24, 2.45) is 11.8 Å². The van der Waals surface area contributed by atoms with Crippen LogP contribution in [0.4, 0.5) is 0 Å². The second-order valence-electron chi connectivity index (χ2n) is 7.44. The van der Waals surface area contributed by atoms with Gasteiger partial charge in [-0.25, -0.2) is 0 Å². The van der Waals surface area contributed by atoms with Gasteiger partial charge in [0.1, 0.15) is 0 Å². The van der Waals surface area contributed by atoms with Gasteiger partial charge in [-0.15, -0.1) is 0 Å². The van der Waals surface area contributed by atoms with Gasteiger partial charge in [0.15, 0.2) is 0 Å². The number of amides is 1. The van der Waals surface area contributed by atoms with Crippen LogP contribution in [0.3, 0.4) is 0 Å². The summed E-state index contributed by atoms with van der Waals surface area (Å²) in [6, 6.07) is 4.54. The van der Waals surface area contributed by atoms with Crippen molar-refractivity contribution in [3.63, 3.8) is 0 Å². The molecule has 2 aliphatic heterocycles. The van der Waals surface area contributed by atoms with E-state index < -0.39 is 0 Å². The predicted molar refractivity (Wildman–Crippen MR) is 90.2 cm³/mol. The molecule has 2 fully saturated rings. The highest BCUT2D eigenvalue weighted by Gasteiger charge is 2.31. The van der Waals surface area contributed by atoms with E-state index in [0.29, 0.717) is 11.8 Å². The number of fused-ring (bicyclic) bond motifs is 1. The minimum atomic E-state index is 0.244. The summed E-state index contributed by atoms with van der Waals surface area (Å²) in [6.45, 7) is 3.62. The normalized spacial score (nSPS) is 22.5. The molecule has 4 rings (SSSR count). The Morgan fingerprint density at radius 3 is 2.70 bits per heavy atom. The molecule has 1 aromatic heterocycles. The highest BCUT2D eigenvalue weighted by Crippen LogP contribution is 2.25. The first kappa shape index (κ1) is 15.1. The number of carbonyl (C=O) groups is 1. The van der Waals surface area contributed by atoms with E-state index in [2.05, 4.69) is 22.3 Å². The van der Waals surface area contributed by atoms with Crippen LogP contribution in [0.15, 0.2) is 12.1 Å². The lowest BCUT2D eigenvalue weighted by molar-refractivity contribution is -0.138. The Hall–Kier alpha value is -1.42. The molecule has 0 spiro atoms. The zero-order valence-electron chi connectivity index (χ0n) is 13.9. The largest absolute Gasteiger partial charge is 0.342 e. The molecule has 0 unspecified atom stereocenters. The lowest BCUT2D eigenvalue weighted by Gasteiger charge is -2.37. The molecular weight excluding hydrogens is 286 g/mol. The summed E-state index contributed by atoms with van der Waals surface area (Å²) in [5.41, 5.74) is 4.08. The maximum Gasteiger partial charge on any atom is 0.228 e. The van der Waals surface area contributed by atoms with Gasteiger partial charge < -0.3 is 10.2 Å². The number of nitrogens with one attached hydrogen (secondary N) is 1. The molecule has 1 amide bonds. The van der Waals surface area contributed by atoms with Gasteiger partial charge in [-0.3, -0.25) is 9.78 Å². The number of nitrogens with zero attached hydrogens (tertiary/aromatic N) is 2. The number of hydrogen-bond donors (Lipinski definition) is 1. The van der Waals surface area contributed by atoms with E-state index >= 15 is 0 Å². The molecule has 1 aromatic rings. The average molecular weight is 313 g/mol. The molecule has 2 saturated heterocycles. The predicted octanol–water partition coefficient (Wildman–Crippen LogP) is 1.96. The Labute approximate surface area is 138 Å². The quantitative estimate of drug-likeness (QED) is 0.928. The van der Waals surface area contributed by atoms with Gasteiger partial charge in [-0.1, -0.05) is 6.07 Å². The van der Waals surface area contributed by atoms with E-state index in [-0.39, 0.29) is 5.92 Å². The summed E-state index contributed by atoms with van der Waals surface area (Å²) < 4.78 is 0. The molecule has 4 nitrogen and oxygen atoms in total. The van der Waals surface area contributed by atoms with Gasteiger partial charge in [-0.05, 0) is 62.5 Å². The van der Waals surface area contributed by atoms with Crippen molar-refractivity contribution in [3.8, 4) is 0 Å². The average Bonchev–Trinajstić information content (AvgIpc) is 2.54. The van der Waals surface area contributed by atoms with Crippen LogP contribution in [-0.4, -0.2) is 42.0 Å². The number of pyridine rings is 1. The van der Waals surface area contributed by atoms with Crippen molar-refractivity contribution in [2.45, 2.75) is 44.9 Å². The van der Waals surface area contributed by atoms with Crippen LogP contribution in [0, 0.1) is 11.8 Å². The summed E-state index contributed by atoms with van der Waals surface area (Å²) in [6.07, 6.45) is 8.32. The van der Waals surface area contributed by atoms with Crippen LogP contribution in [0.25, 0.3) is 0 Å². The lowest BCUT2D eigenvalue weighted by atomic mass is 9.89. The fourth-order valence-corrected chi connectivity index (χ4v) is 4.12. The number of piperidine rings is 1. The molecule has 124 valence electrons. The fraction of sp³-hybridized carbons (Fsp3) is 0.684. The van der Waals surface area contributed by atoms with Crippen molar-refractivity contribution >= 4 is 5.91 Å². The molecule has 1 aliphatic carbocycles. The zero-order valence-corrected chi connectivity index (χ0v) is 13.9. The minimum absolute atomic E-state index is 0.244. The summed E-state index contributed by atoms with van der Waals surface area (Å²) >= 11 is 0. The number of aromatic nitrogens is 1. The number of hydrogen-bond acceptors (Lipinski definition) is 3. The molecule has 23 heavy (non-hydrogen) atoms. The van der Waals surface area contributed by atoms with Gasteiger partial charge in [0.05, 0.1) is 5.92 Å². The Kier molecular flexibility index (Phi) is 4.34. The monoisotopic (exact) mass is 313 g/mol. The van der Waals surface area contributed by atoms with Gasteiger partial charge in [0, 0.05) is 37.6 Å². The third kappa shape index (κ3) is 3.27. The minimum Gasteiger partial charge on any atom is -0.342 e. The number of carbonyl (C=O) groups excluding carboxylic acids is 1. The molecule has 1 N–H and O–H groups in total. The van der Waals surface area contributed by atoms with E-state index in [9.17, 15) is 4.79 Å². The maximum atomic E-state index is 12.3. The highest BCUT2D eigenvalue weighted by atomic mass is 16.2. The Bertz CT molecular complexity index is 574. The van der Waals surface area contributed by atoms with Gasteiger partial charge >= 0.3 is 0 Å². The molecule has 0 aromatic carbocycles. The van der Waals surface area contributed by atoms with Crippen molar-refractivity contribution in [1.29, 1.82) is 0 Å². The van der Waals surface area contributed by atoms with Crippen LogP contribution in [-0.2, 0) is 24.1 Å². The van der Waals surface area contributed by atoms with Crippen molar-refractivity contribution in [1.82, 2.24) is 15.2 Å². The Balaban J connectivity index is 1.31. The van der Waals surface area contributed by atoms with E-state index in [1.165, 1.54) is 36.2 Å². The molecule has 3 aliphatic rings. The summed E-state index contributed by atoms with van der Waals surface area (Å²) in [5.74, 6) is 1.30. The summed E-state index contributed by atoms with van der Waals surface area (Å²) in [7, 11) is 0. The van der Waals surface area contributed by atoms with Crippen LogP contribution in [0.1, 0.15) is 42.6 Å². The van der Waals surface area contributed by atoms with E-state index in [1.54, 1.807) is 0 Å². The smallest absolute Gasteiger partial charge is 0.228 e. The number of rotatable bonds is 3. The second-order valence-corrected chi connectivity index (χ2v) is 7.44. The molecular formula is C19H27N3O. The Morgan fingerprint density at radius 1 is 1.17 bits per heavy atom. The number of aryl methyl sites for hydroxylation is 2. The maximum absolute atomic E-state index is 12.3. The van der Waals surface area contributed by atoms with Crippen LogP contribution in [0.2, 0.25) is 0 Å². The van der Waals surface area contributed by atoms with Crippen LogP contribution >= 0.6 is 0 Å². The number of likely N-dealkylation sites (tertiary alicyclic amines) is 1. The second kappa shape index (κ2) is 6.60. The molecule has 0 radical (unpaired) electrons. The first-order chi connectivity index (χ1) is 11.3. The summed E-state index contributed by atoms with van der Waals surface area (Å²) in [5, 5.41) is 3.19. The highest BCUT2D eigenvalue weighted by molar-refractivity contribution is 5.80. The van der Waals surface area contributed by atoms with Crippen molar-refractivity contribution in [2.75, 3.05) is 26.2 Å². The van der Waals surface area contributed by atoms with Crippen LogP contribution in [0.5, 0.6) is 0 Å². The van der Waals surface area contributed by atoms with E-state index in [0.717, 1.165) is 51.9 Å². The molecule has 3 heterocycles. The third-order valence-corrected chi connectivity index (χ3v) is 5.79. The van der Waals surface area contributed by atoms with E-state index in [1.807, 2.05) is 0 Å². The standard InChI is InChI=1S/C19H27N3O/c23-19(16-12-20-13-16)22-9-7-14(8-10-22)11-17-6-5-15-3-1-2-4-18(15)21-17/h5-6,14,16,20H,1-4,7-13H2. The van der Waals surface area contributed by atoms with Crippen molar-refractivity contribution < 1.29 is 4.79 Å². The SMILES string of the molecule is O=C(C1CNC1)N1CCC(Cc2ccc3c(n2)CCCC3)CC1. The van der Waals surface area contributed by atoms with Crippen LogP contribution < -0.4 is 5.32 Å². The first-order valence-corrected chi connectivity index (χ1v) is 9.27. The van der Waals surface area contributed by atoms with E-state index in [4.69, 9.17) is 4.98 Å². The first-order valence-electron chi connectivity index (χ1n) is 9.27. The third-order valence-electron chi connectivity index (χ3n) is 5.79. The Morgan fingerprint density at radius 2 is 1.96 bits per heavy atom. The van der Waals surface area contributed by atoms with Gasteiger partial charge in [0.2, 0.25) is 5.91 Å². The molecule has 0 atom stereocenters. The van der Waals surface area contributed by atoms with Gasteiger partial charge in [-0.2, -0.15) is 0 Å². The topological polar surface area (TPSA) is 45.2 Å². The zero-order chi connectivity index (χ0) is 15.6.